The van der Waals surface area contributed by atoms with Gasteiger partial charge in [0.15, 0.2) is 5.82 Å². The lowest BCUT2D eigenvalue weighted by Gasteiger charge is -2.44. The molecule has 1 heterocycles. The second-order valence-electron chi connectivity index (χ2n) is 8.83. The van der Waals surface area contributed by atoms with Gasteiger partial charge in [0.1, 0.15) is 5.54 Å². The molecule has 2 aromatic carbocycles. The molecule has 1 aliphatic carbocycles. The average molecular weight is 419 g/mol. The largest absolute Gasteiger partial charge is 0.322 e. The third kappa shape index (κ3) is 4.17. The van der Waals surface area contributed by atoms with Crippen molar-refractivity contribution in [1.82, 2.24) is 25.1 Å². The number of carbonyl (C=O) groups is 1. The molecule has 7 heteroatoms. The molecule has 0 saturated heterocycles. The van der Waals surface area contributed by atoms with Crippen molar-refractivity contribution in [3.8, 4) is 5.69 Å². The van der Waals surface area contributed by atoms with Gasteiger partial charge in [0.25, 0.3) is 0 Å². The van der Waals surface area contributed by atoms with Crippen molar-refractivity contribution in [2.45, 2.75) is 52.0 Å². The molecule has 0 bridgehead atoms. The maximum absolute atomic E-state index is 13.3. The van der Waals surface area contributed by atoms with Crippen LogP contribution in [0.2, 0.25) is 0 Å². The van der Waals surface area contributed by atoms with E-state index in [1.807, 2.05) is 42.1 Å². The molecule has 1 aromatic heterocycles. The van der Waals surface area contributed by atoms with Crippen LogP contribution in [0, 0.1) is 19.8 Å². The van der Waals surface area contributed by atoms with Crippen molar-refractivity contribution >= 4 is 11.7 Å². The van der Waals surface area contributed by atoms with Gasteiger partial charge < -0.3 is 10.2 Å². The van der Waals surface area contributed by atoms with Crippen molar-refractivity contribution in [1.29, 1.82) is 0 Å². The Balaban J connectivity index is 1.74. The van der Waals surface area contributed by atoms with Crippen LogP contribution in [0.3, 0.4) is 0 Å². The molecule has 1 aliphatic rings. The van der Waals surface area contributed by atoms with Gasteiger partial charge in [-0.25, -0.2) is 4.79 Å². The first-order valence-corrected chi connectivity index (χ1v) is 10.9. The van der Waals surface area contributed by atoms with Crippen molar-refractivity contribution in [2.24, 2.45) is 5.92 Å². The maximum Gasteiger partial charge on any atom is 0.322 e. The third-order valence-corrected chi connectivity index (χ3v) is 6.41. The zero-order valence-electron chi connectivity index (χ0n) is 18.7. The maximum atomic E-state index is 13.3. The van der Waals surface area contributed by atoms with E-state index in [0.717, 1.165) is 54.0 Å². The predicted molar refractivity (Wildman–Crippen MR) is 121 cm³/mol. The number of tetrazole rings is 1. The number of para-hydroxylation sites is 1. The number of anilines is 1. The van der Waals surface area contributed by atoms with E-state index < -0.39 is 5.54 Å². The van der Waals surface area contributed by atoms with Crippen LogP contribution in [0.15, 0.2) is 48.5 Å². The predicted octanol–water partition coefficient (Wildman–Crippen LogP) is 4.85. The summed E-state index contributed by atoms with van der Waals surface area (Å²) in [5.74, 6) is 1.33. The molecular formula is C24H30N6O. The Kier molecular flexibility index (Phi) is 5.76. The molecule has 4 rings (SSSR count). The lowest BCUT2D eigenvalue weighted by molar-refractivity contribution is 0.0786. The van der Waals surface area contributed by atoms with E-state index >= 15 is 0 Å². The van der Waals surface area contributed by atoms with Crippen molar-refractivity contribution in [3.63, 3.8) is 0 Å². The Morgan fingerprint density at radius 2 is 1.74 bits per heavy atom. The minimum Gasteiger partial charge on any atom is -0.315 e. The van der Waals surface area contributed by atoms with Crippen LogP contribution in [0.25, 0.3) is 5.69 Å². The van der Waals surface area contributed by atoms with E-state index in [4.69, 9.17) is 0 Å². The smallest absolute Gasteiger partial charge is 0.315 e. The SMILES string of the molecule is Cc1cc(C)cc(-n2nnnc2C2(N(C)C(=O)Nc3ccccc3)CCC(C)CC2)c1. The van der Waals surface area contributed by atoms with E-state index in [-0.39, 0.29) is 6.03 Å². The minimum atomic E-state index is -0.577. The van der Waals surface area contributed by atoms with Crippen LogP contribution in [0.4, 0.5) is 10.5 Å². The molecule has 3 aromatic rings. The van der Waals surface area contributed by atoms with E-state index in [2.05, 4.69) is 59.8 Å². The Labute approximate surface area is 183 Å². The number of benzene rings is 2. The van der Waals surface area contributed by atoms with Crippen LogP contribution in [-0.4, -0.2) is 38.2 Å². The van der Waals surface area contributed by atoms with Gasteiger partial charge in [0, 0.05) is 12.7 Å². The van der Waals surface area contributed by atoms with E-state index in [1.54, 1.807) is 4.90 Å². The highest BCUT2D eigenvalue weighted by molar-refractivity contribution is 5.89. The van der Waals surface area contributed by atoms with Crippen molar-refractivity contribution < 1.29 is 4.79 Å². The first kappa shape index (κ1) is 21.0. The molecule has 1 fully saturated rings. The molecule has 7 nitrogen and oxygen atoms in total. The molecule has 0 aliphatic heterocycles. The molecule has 0 atom stereocenters. The van der Waals surface area contributed by atoms with E-state index in [9.17, 15) is 4.79 Å². The number of nitrogens with zero attached hydrogens (tertiary/aromatic N) is 5. The van der Waals surface area contributed by atoms with Crippen LogP contribution in [-0.2, 0) is 5.54 Å². The Morgan fingerprint density at radius 3 is 2.39 bits per heavy atom. The first-order valence-electron chi connectivity index (χ1n) is 10.9. The van der Waals surface area contributed by atoms with Gasteiger partial charge in [-0.1, -0.05) is 31.2 Å². The van der Waals surface area contributed by atoms with E-state index in [0.29, 0.717) is 5.92 Å². The van der Waals surface area contributed by atoms with Crippen molar-refractivity contribution in [3.05, 3.63) is 65.5 Å². The zero-order valence-corrected chi connectivity index (χ0v) is 18.7. The molecule has 162 valence electrons. The fourth-order valence-electron chi connectivity index (χ4n) is 4.60. The van der Waals surface area contributed by atoms with Gasteiger partial charge in [-0.05, 0) is 91.3 Å². The summed E-state index contributed by atoms with van der Waals surface area (Å²) in [6, 6.07) is 15.7. The van der Waals surface area contributed by atoms with Crippen LogP contribution in [0.1, 0.15) is 49.6 Å². The first-order chi connectivity index (χ1) is 14.9. The van der Waals surface area contributed by atoms with Gasteiger partial charge in [-0.3, -0.25) is 0 Å². The van der Waals surface area contributed by atoms with Crippen LogP contribution < -0.4 is 5.32 Å². The fourth-order valence-corrected chi connectivity index (χ4v) is 4.60. The average Bonchev–Trinajstić information content (AvgIpc) is 3.25. The number of hydrogen-bond donors (Lipinski definition) is 1. The summed E-state index contributed by atoms with van der Waals surface area (Å²) in [7, 11) is 1.86. The van der Waals surface area contributed by atoms with E-state index in [1.165, 1.54) is 0 Å². The molecule has 2 amide bonds. The quantitative estimate of drug-likeness (QED) is 0.657. The summed E-state index contributed by atoms with van der Waals surface area (Å²) >= 11 is 0. The number of rotatable bonds is 4. The highest BCUT2D eigenvalue weighted by atomic mass is 16.2. The summed E-state index contributed by atoms with van der Waals surface area (Å²) in [6.07, 6.45) is 3.67. The fraction of sp³-hybridized carbons (Fsp3) is 0.417. The number of aromatic nitrogens is 4. The number of amides is 2. The summed E-state index contributed by atoms with van der Waals surface area (Å²) in [5, 5.41) is 15.8. The van der Waals surface area contributed by atoms with Crippen LogP contribution >= 0.6 is 0 Å². The summed E-state index contributed by atoms with van der Waals surface area (Å²) in [6.45, 7) is 6.40. The normalized spacial score (nSPS) is 21.0. The summed E-state index contributed by atoms with van der Waals surface area (Å²) < 4.78 is 1.81. The molecule has 1 saturated carbocycles. The number of aryl methyl sites for hydroxylation is 2. The van der Waals surface area contributed by atoms with Gasteiger partial charge in [-0.2, -0.15) is 4.68 Å². The van der Waals surface area contributed by atoms with Gasteiger partial charge >= 0.3 is 6.03 Å². The lowest BCUT2D eigenvalue weighted by Crippen LogP contribution is -2.52. The highest BCUT2D eigenvalue weighted by Gasteiger charge is 2.46. The molecule has 0 radical (unpaired) electrons. The number of nitrogens with one attached hydrogen (secondary N) is 1. The second kappa shape index (κ2) is 8.49. The highest BCUT2D eigenvalue weighted by Crippen LogP contribution is 2.43. The Morgan fingerprint density at radius 1 is 1.10 bits per heavy atom. The van der Waals surface area contributed by atoms with Gasteiger partial charge in [-0.15, -0.1) is 5.10 Å². The minimum absolute atomic E-state index is 0.157. The number of urea groups is 1. The lowest BCUT2D eigenvalue weighted by atomic mass is 9.75. The van der Waals surface area contributed by atoms with Crippen LogP contribution in [0.5, 0.6) is 0 Å². The Bertz CT molecular complexity index is 1030. The standard InChI is InChI=1S/C24H30N6O/c1-17-10-12-24(13-11-17,29(4)23(31)25-20-8-6-5-7-9-20)22-26-27-28-30(22)21-15-18(2)14-19(3)16-21/h5-9,14-17H,10-13H2,1-4H3,(H,25,31). The Hall–Kier alpha value is -3.22. The molecule has 0 spiro atoms. The number of carbonyl (C=O) groups excluding carboxylic acids is 1. The number of hydrogen-bond acceptors (Lipinski definition) is 4. The molecule has 1 N–H and O–H groups in total. The molecular weight excluding hydrogens is 388 g/mol. The van der Waals surface area contributed by atoms with Gasteiger partial charge in [0.05, 0.1) is 5.69 Å². The third-order valence-electron chi connectivity index (χ3n) is 6.41. The summed E-state index contributed by atoms with van der Waals surface area (Å²) in [4.78, 5) is 15.1. The monoisotopic (exact) mass is 418 g/mol. The second-order valence-corrected chi connectivity index (χ2v) is 8.83. The summed E-state index contributed by atoms with van der Waals surface area (Å²) in [5.41, 5.74) is 3.42. The van der Waals surface area contributed by atoms with Crippen molar-refractivity contribution in [2.75, 3.05) is 12.4 Å². The molecule has 31 heavy (non-hydrogen) atoms. The van der Waals surface area contributed by atoms with Gasteiger partial charge in [0.2, 0.25) is 0 Å². The molecule has 0 unspecified atom stereocenters. The topological polar surface area (TPSA) is 75.9 Å². The zero-order chi connectivity index (χ0) is 22.0.